The summed E-state index contributed by atoms with van der Waals surface area (Å²) in [6.07, 6.45) is 2.04. The number of nitrogens with one attached hydrogen (secondary N) is 1. The van der Waals surface area contributed by atoms with Crippen LogP contribution < -0.4 is 5.32 Å². The summed E-state index contributed by atoms with van der Waals surface area (Å²) in [4.78, 5) is 0. The maximum Gasteiger partial charge on any atom is 0.150 e. The van der Waals surface area contributed by atoms with Crippen LogP contribution in [-0.2, 0) is 0 Å². The largest absolute Gasteiger partial charge is 0.379 e. The zero-order chi connectivity index (χ0) is 12.6. The summed E-state index contributed by atoms with van der Waals surface area (Å²) in [5, 5.41) is 3.16. The second-order valence-electron chi connectivity index (χ2n) is 5.06. The normalized spacial score (nSPS) is 23.6. The molecule has 2 rings (SSSR count). The van der Waals surface area contributed by atoms with Gasteiger partial charge in [0.2, 0.25) is 0 Å². The van der Waals surface area contributed by atoms with Crippen molar-refractivity contribution in [2.75, 3.05) is 5.32 Å². The highest BCUT2D eigenvalue weighted by Crippen LogP contribution is 2.37. The van der Waals surface area contributed by atoms with Gasteiger partial charge in [-0.3, -0.25) is 0 Å². The molecule has 94 valence electrons. The number of halogens is 3. The van der Waals surface area contributed by atoms with Crippen molar-refractivity contribution in [3.8, 4) is 0 Å². The Hall–Kier alpha value is -0.830. The van der Waals surface area contributed by atoms with Gasteiger partial charge in [0.15, 0.2) is 5.82 Å². The van der Waals surface area contributed by atoms with Crippen LogP contribution >= 0.6 is 11.6 Å². The van der Waals surface area contributed by atoms with Crippen molar-refractivity contribution in [1.29, 1.82) is 0 Å². The van der Waals surface area contributed by atoms with Gasteiger partial charge in [0.05, 0.1) is 10.7 Å². The van der Waals surface area contributed by atoms with Crippen LogP contribution in [0.25, 0.3) is 0 Å². The lowest BCUT2D eigenvalue weighted by atomic mass is 9.73. The molecule has 0 aliphatic heterocycles. The molecule has 0 bridgehead atoms. The van der Waals surface area contributed by atoms with Gasteiger partial charge in [0.25, 0.3) is 0 Å². The molecule has 1 aliphatic rings. The van der Waals surface area contributed by atoms with Crippen molar-refractivity contribution in [3.63, 3.8) is 0 Å². The fourth-order valence-corrected chi connectivity index (χ4v) is 2.46. The van der Waals surface area contributed by atoms with E-state index in [-0.39, 0.29) is 16.8 Å². The highest BCUT2D eigenvalue weighted by atomic mass is 35.5. The molecule has 0 heterocycles. The summed E-state index contributed by atoms with van der Waals surface area (Å²) < 4.78 is 26.4. The molecular weight excluding hydrogens is 244 g/mol. The van der Waals surface area contributed by atoms with Crippen molar-refractivity contribution in [1.82, 2.24) is 0 Å². The predicted molar refractivity (Wildman–Crippen MR) is 66.3 cm³/mol. The SMILES string of the molecule is CC(C)C1CC(Nc2c(F)cc(F)cc2Cl)C1. The lowest BCUT2D eigenvalue weighted by Gasteiger charge is -2.39. The Morgan fingerprint density at radius 2 is 1.94 bits per heavy atom. The van der Waals surface area contributed by atoms with E-state index in [2.05, 4.69) is 19.2 Å². The van der Waals surface area contributed by atoms with Gasteiger partial charge in [-0.15, -0.1) is 0 Å². The van der Waals surface area contributed by atoms with Gasteiger partial charge in [-0.2, -0.15) is 0 Å². The first-order chi connectivity index (χ1) is 7.97. The number of benzene rings is 1. The van der Waals surface area contributed by atoms with Crippen molar-refractivity contribution in [2.45, 2.75) is 32.7 Å². The third-order valence-corrected chi connectivity index (χ3v) is 3.77. The zero-order valence-corrected chi connectivity index (χ0v) is 10.7. The van der Waals surface area contributed by atoms with Crippen LogP contribution in [0.1, 0.15) is 26.7 Å². The minimum atomic E-state index is -0.647. The summed E-state index contributed by atoms with van der Waals surface area (Å²) in [6.45, 7) is 4.37. The van der Waals surface area contributed by atoms with Crippen LogP contribution in [-0.4, -0.2) is 6.04 Å². The van der Waals surface area contributed by atoms with Gasteiger partial charge < -0.3 is 5.32 Å². The van der Waals surface area contributed by atoms with Gasteiger partial charge >= 0.3 is 0 Å². The van der Waals surface area contributed by atoms with Gasteiger partial charge in [-0.25, -0.2) is 8.78 Å². The minimum Gasteiger partial charge on any atom is -0.379 e. The summed E-state index contributed by atoms with van der Waals surface area (Å²) >= 11 is 5.82. The van der Waals surface area contributed by atoms with E-state index in [1.165, 1.54) is 0 Å². The highest BCUT2D eigenvalue weighted by molar-refractivity contribution is 6.33. The second kappa shape index (κ2) is 4.81. The number of rotatable bonds is 3. The number of hydrogen-bond acceptors (Lipinski definition) is 1. The highest BCUT2D eigenvalue weighted by Gasteiger charge is 2.31. The average molecular weight is 260 g/mol. The van der Waals surface area contributed by atoms with Gasteiger partial charge in [-0.05, 0) is 30.7 Å². The zero-order valence-electron chi connectivity index (χ0n) is 9.93. The van der Waals surface area contributed by atoms with Crippen LogP contribution in [0.15, 0.2) is 12.1 Å². The minimum absolute atomic E-state index is 0.107. The van der Waals surface area contributed by atoms with E-state index in [0.717, 1.165) is 25.0 Å². The molecular formula is C13H16ClF2N. The quantitative estimate of drug-likeness (QED) is 0.845. The van der Waals surface area contributed by atoms with Crippen molar-refractivity contribution >= 4 is 17.3 Å². The van der Waals surface area contributed by atoms with Gasteiger partial charge in [0.1, 0.15) is 5.82 Å². The molecule has 0 unspecified atom stereocenters. The predicted octanol–water partition coefficient (Wildman–Crippen LogP) is 4.46. The van der Waals surface area contributed by atoms with E-state index in [1.54, 1.807) is 0 Å². The Kier molecular flexibility index (Phi) is 3.57. The Bertz CT molecular complexity index is 391. The molecule has 1 nitrogen and oxygen atoms in total. The Morgan fingerprint density at radius 3 is 2.47 bits per heavy atom. The molecule has 1 aromatic rings. The van der Waals surface area contributed by atoms with Crippen LogP contribution in [0.3, 0.4) is 0 Å². The molecule has 1 saturated carbocycles. The first-order valence-corrected chi connectivity index (χ1v) is 6.26. The van der Waals surface area contributed by atoms with E-state index in [1.807, 2.05) is 0 Å². The monoisotopic (exact) mass is 259 g/mol. The summed E-state index contributed by atoms with van der Waals surface area (Å²) in [6, 6.07) is 2.23. The smallest absolute Gasteiger partial charge is 0.150 e. The maximum atomic E-state index is 13.5. The molecule has 1 fully saturated rings. The van der Waals surface area contributed by atoms with Crippen LogP contribution in [0.5, 0.6) is 0 Å². The maximum absolute atomic E-state index is 13.5. The molecule has 1 aliphatic carbocycles. The molecule has 17 heavy (non-hydrogen) atoms. The molecule has 0 spiro atoms. The van der Waals surface area contributed by atoms with E-state index in [4.69, 9.17) is 11.6 Å². The second-order valence-corrected chi connectivity index (χ2v) is 5.47. The summed E-state index contributed by atoms with van der Waals surface area (Å²) in [5.41, 5.74) is 0.222. The molecule has 1 N–H and O–H groups in total. The van der Waals surface area contributed by atoms with Crippen LogP contribution in [0.2, 0.25) is 5.02 Å². The third-order valence-electron chi connectivity index (χ3n) is 3.47. The lowest BCUT2D eigenvalue weighted by Crippen LogP contribution is -2.38. The average Bonchev–Trinajstić information content (AvgIpc) is 2.12. The molecule has 0 aromatic heterocycles. The van der Waals surface area contributed by atoms with Crippen molar-refractivity contribution in [3.05, 3.63) is 28.8 Å². The van der Waals surface area contributed by atoms with Crippen molar-refractivity contribution < 1.29 is 8.78 Å². The topological polar surface area (TPSA) is 12.0 Å². The van der Waals surface area contributed by atoms with E-state index in [9.17, 15) is 8.78 Å². The first-order valence-electron chi connectivity index (χ1n) is 5.88. The van der Waals surface area contributed by atoms with E-state index >= 15 is 0 Å². The fourth-order valence-electron chi connectivity index (χ4n) is 2.21. The molecule has 1 aromatic carbocycles. The van der Waals surface area contributed by atoms with Gasteiger partial charge in [0, 0.05) is 12.1 Å². The van der Waals surface area contributed by atoms with Crippen LogP contribution in [0.4, 0.5) is 14.5 Å². The van der Waals surface area contributed by atoms with Gasteiger partial charge in [-0.1, -0.05) is 25.4 Å². The van der Waals surface area contributed by atoms with Crippen molar-refractivity contribution in [2.24, 2.45) is 11.8 Å². The fraction of sp³-hybridized carbons (Fsp3) is 0.538. The summed E-state index contributed by atoms with van der Waals surface area (Å²) in [5.74, 6) is 0.0751. The van der Waals surface area contributed by atoms with E-state index in [0.29, 0.717) is 11.8 Å². The molecule has 0 amide bonds. The third kappa shape index (κ3) is 2.71. The number of anilines is 1. The molecule has 0 saturated heterocycles. The van der Waals surface area contributed by atoms with E-state index < -0.39 is 11.6 Å². The van der Waals surface area contributed by atoms with Crippen LogP contribution in [0, 0.1) is 23.5 Å². The summed E-state index contributed by atoms with van der Waals surface area (Å²) in [7, 11) is 0. The Morgan fingerprint density at radius 1 is 1.29 bits per heavy atom. The lowest BCUT2D eigenvalue weighted by molar-refractivity contribution is 0.211. The molecule has 0 atom stereocenters. The molecule has 4 heteroatoms. The molecule has 0 radical (unpaired) electrons. The first kappa shape index (κ1) is 12.6. The Balaban J connectivity index is 2.01. The number of hydrogen-bond donors (Lipinski definition) is 1. The Labute approximate surface area is 105 Å². The standard InChI is InChI=1S/C13H16ClF2N/c1-7(2)8-3-10(4-8)17-13-11(14)5-9(15)6-12(13)16/h5-8,10,17H,3-4H2,1-2H3.